The van der Waals surface area contributed by atoms with Crippen molar-refractivity contribution in [2.24, 2.45) is 0 Å². The maximum Gasteiger partial charge on any atom is 0.143 e. The molecule has 0 unspecified atom stereocenters. The lowest BCUT2D eigenvalue weighted by Crippen LogP contribution is -1.94. The summed E-state index contributed by atoms with van der Waals surface area (Å²) < 4.78 is 44.2. The second-order valence-corrected chi connectivity index (χ2v) is 30.4. The summed E-state index contributed by atoms with van der Waals surface area (Å²) in [6.45, 7) is 0. The average Bonchev–Trinajstić information content (AvgIpc) is 1.57. The van der Waals surface area contributed by atoms with Gasteiger partial charge in [0.15, 0.2) is 0 Å². The molecule has 27 rings (SSSR count). The lowest BCUT2D eigenvalue weighted by Gasteiger charge is -2.10. The molecule has 0 N–H and O–H groups in total. The number of fused-ring (bicyclic) bond motifs is 29. The summed E-state index contributed by atoms with van der Waals surface area (Å²) in [7, 11) is 0. The Bertz CT molecular complexity index is 8760. The molecule has 0 saturated carbocycles. The lowest BCUT2D eigenvalue weighted by atomic mass is 10.0. The van der Waals surface area contributed by atoms with Gasteiger partial charge >= 0.3 is 0 Å². The van der Waals surface area contributed by atoms with Gasteiger partial charge in [-0.15, -0.1) is 0 Å². The third kappa shape index (κ3) is 9.97. The van der Waals surface area contributed by atoms with E-state index in [9.17, 15) is 0 Å². The SMILES string of the molecule is c1ccc2c(c1)oc1c(-c3ccc(-n4c5ccccc5c5c6c(ccc54)oc4ccccc46)cc3)cccc12.c1ccc2c(c1)oc1ccc(-c3ccc(-n4c5ccccc5c5cc6c(cc54)oc4ccccc46)cc3)cc12.c1ccc2c(c1)oc1ccc(-c3ccc(-n4c5ccccc5c5ccc6oc7ccccc7c6c54)cc3)cc12. The van der Waals surface area contributed by atoms with Crippen molar-refractivity contribution in [3.05, 3.63) is 382 Å². The Hall–Kier alpha value is -15.8. The number of hydrogen-bond acceptors (Lipinski definition) is 6. The molecule has 0 radical (unpaired) electrons. The van der Waals surface area contributed by atoms with E-state index in [2.05, 4.69) is 323 Å². The van der Waals surface area contributed by atoms with Crippen molar-refractivity contribution in [3.8, 4) is 50.4 Å². The summed E-state index contributed by atoms with van der Waals surface area (Å²) in [6, 6.07) is 134. The van der Waals surface area contributed by atoms with Crippen molar-refractivity contribution in [1.29, 1.82) is 0 Å². The van der Waals surface area contributed by atoms with E-state index >= 15 is 0 Å². The van der Waals surface area contributed by atoms with Crippen LogP contribution in [0.2, 0.25) is 0 Å². The first-order valence-electron chi connectivity index (χ1n) is 39.6. The highest BCUT2D eigenvalue weighted by molar-refractivity contribution is 6.28. The predicted molar refractivity (Wildman–Crippen MR) is 482 cm³/mol. The number of hydrogen-bond donors (Lipinski definition) is 0. The highest BCUT2D eigenvalue weighted by Gasteiger charge is 2.24. The average molecular weight is 1500 g/mol. The van der Waals surface area contributed by atoms with Gasteiger partial charge in [0.25, 0.3) is 0 Å². The van der Waals surface area contributed by atoms with Gasteiger partial charge in [-0.25, -0.2) is 0 Å². The molecule has 18 aromatic carbocycles. The molecule has 0 saturated heterocycles. The summed E-state index contributed by atoms with van der Waals surface area (Å²) in [6.07, 6.45) is 0. The Morgan fingerprint density at radius 2 is 0.513 bits per heavy atom. The van der Waals surface area contributed by atoms with Crippen LogP contribution in [0.4, 0.5) is 0 Å². The summed E-state index contributed by atoms with van der Waals surface area (Å²) in [4.78, 5) is 0. The number of nitrogens with zero attached hydrogens (tertiary/aromatic N) is 3. The van der Waals surface area contributed by atoms with Crippen molar-refractivity contribution in [2.45, 2.75) is 0 Å². The van der Waals surface area contributed by atoms with E-state index in [1.807, 2.05) is 72.8 Å². The molecule has 9 heteroatoms. The van der Waals surface area contributed by atoms with Gasteiger partial charge in [0.1, 0.15) is 67.0 Å². The van der Waals surface area contributed by atoms with Crippen LogP contribution in [-0.4, -0.2) is 13.7 Å². The predicted octanol–water partition coefficient (Wildman–Crippen LogP) is 30.7. The smallest absolute Gasteiger partial charge is 0.143 e. The highest BCUT2D eigenvalue weighted by atomic mass is 16.3. The van der Waals surface area contributed by atoms with E-state index in [1.54, 1.807) is 0 Å². The van der Waals surface area contributed by atoms with Crippen molar-refractivity contribution in [3.63, 3.8) is 0 Å². The van der Waals surface area contributed by atoms with Crippen LogP contribution in [0.15, 0.2) is 409 Å². The van der Waals surface area contributed by atoms with E-state index in [4.69, 9.17) is 26.5 Å². The zero-order valence-electron chi connectivity index (χ0n) is 62.7. The van der Waals surface area contributed by atoms with Crippen LogP contribution in [0.5, 0.6) is 0 Å². The molecule has 0 atom stereocenters. The van der Waals surface area contributed by atoms with Crippen LogP contribution in [-0.2, 0) is 0 Å². The zero-order valence-corrected chi connectivity index (χ0v) is 62.7. The van der Waals surface area contributed by atoms with Crippen molar-refractivity contribution in [1.82, 2.24) is 13.7 Å². The van der Waals surface area contributed by atoms with Gasteiger partial charge in [0.2, 0.25) is 0 Å². The molecule has 0 spiro atoms. The van der Waals surface area contributed by atoms with Gasteiger partial charge in [0.05, 0.1) is 38.5 Å². The molecule has 9 heterocycles. The standard InChI is InChI=1S/3C36H21NO2/c1-4-13-29-27(9-1)34-30(20-21-33-35(34)28-10-3-6-15-32(28)38-33)37(29)23-18-16-22(17-19-23)24-11-7-12-26-25-8-2-5-14-31(25)39-36(24)26;1-4-10-30-25(7-1)27-18-20-34-35(28-9-3-6-12-32(28)39-34)36(27)37(30)24-16-13-22(14-17-24)23-15-19-33-29(21-23)26-8-2-5-11-31(26)38-33;1-4-10-31-25(7-1)28-20-30-27-9-3-6-12-34(27)39-36(30)21-32(28)37(31)24-16-13-22(14-17-24)23-15-18-35-29(19-23)26-8-2-5-11-33(26)38-35/h3*1-21H. The molecule has 9 aromatic heterocycles. The number of aromatic nitrogens is 3. The van der Waals surface area contributed by atoms with Gasteiger partial charge in [-0.05, 0) is 173 Å². The maximum absolute atomic E-state index is 6.31. The van der Waals surface area contributed by atoms with Crippen molar-refractivity contribution in [2.75, 3.05) is 0 Å². The molecular weight excluding hydrogens is 1440 g/mol. The molecule has 0 aliphatic rings. The Morgan fingerprint density at radius 1 is 0.154 bits per heavy atom. The molecule has 0 amide bonds. The molecule has 0 bridgehead atoms. The Morgan fingerprint density at radius 3 is 1.08 bits per heavy atom. The molecule has 546 valence electrons. The Balaban J connectivity index is 0.0000000980. The Kier molecular flexibility index (Phi) is 14.0. The molecular formula is C108H63N3O6. The third-order valence-corrected chi connectivity index (χ3v) is 24.0. The topological polar surface area (TPSA) is 93.6 Å². The summed E-state index contributed by atoms with van der Waals surface area (Å²) in [5.74, 6) is 0. The van der Waals surface area contributed by atoms with Gasteiger partial charge < -0.3 is 40.2 Å². The first-order chi connectivity index (χ1) is 58.0. The largest absolute Gasteiger partial charge is 0.456 e. The minimum Gasteiger partial charge on any atom is -0.456 e. The number of benzene rings is 18. The van der Waals surface area contributed by atoms with E-state index in [1.165, 1.54) is 87.5 Å². The second kappa shape index (κ2) is 25.3. The fraction of sp³-hybridized carbons (Fsp3) is 0. The Labute approximate surface area is 665 Å². The monoisotopic (exact) mass is 1500 g/mol. The number of para-hydroxylation sites is 10. The van der Waals surface area contributed by atoms with Crippen LogP contribution in [0, 0.1) is 0 Å². The normalized spacial score (nSPS) is 12.1. The lowest BCUT2D eigenvalue weighted by molar-refractivity contribution is 0.668. The van der Waals surface area contributed by atoms with Crippen LogP contribution < -0.4 is 0 Å². The number of furan rings is 6. The van der Waals surface area contributed by atoms with Crippen molar-refractivity contribution >= 4 is 197 Å². The van der Waals surface area contributed by atoms with E-state index < -0.39 is 0 Å². The van der Waals surface area contributed by atoms with Crippen LogP contribution in [0.3, 0.4) is 0 Å². The molecule has 0 aliphatic heterocycles. The third-order valence-electron chi connectivity index (χ3n) is 24.0. The second-order valence-electron chi connectivity index (χ2n) is 30.4. The molecule has 0 fully saturated rings. The minimum atomic E-state index is 0.907. The van der Waals surface area contributed by atoms with Gasteiger partial charge in [0, 0.05) is 120 Å². The molecule has 9 nitrogen and oxygen atoms in total. The quantitative estimate of drug-likeness (QED) is 0.165. The fourth-order valence-corrected chi connectivity index (χ4v) is 18.7. The van der Waals surface area contributed by atoms with Crippen molar-refractivity contribution < 1.29 is 26.5 Å². The van der Waals surface area contributed by atoms with E-state index in [0.29, 0.717) is 0 Å². The highest BCUT2D eigenvalue weighted by Crippen LogP contribution is 2.47. The summed E-state index contributed by atoms with van der Waals surface area (Å²) >= 11 is 0. The van der Waals surface area contributed by atoms with Crippen LogP contribution in [0.25, 0.3) is 247 Å². The molecule has 0 aliphatic carbocycles. The van der Waals surface area contributed by atoms with Crippen LogP contribution >= 0.6 is 0 Å². The summed E-state index contributed by atoms with van der Waals surface area (Å²) in [5.41, 5.74) is 28.3. The van der Waals surface area contributed by atoms with E-state index in [0.717, 1.165) is 160 Å². The van der Waals surface area contributed by atoms with Gasteiger partial charge in [-0.2, -0.15) is 0 Å². The van der Waals surface area contributed by atoms with Gasteiger partial charge in [-0.3, -0.25) is 0 Å². The van der Waals surface area contributed by atoms with Gasteiger partial charge in [-0.1, -0.05) is 231 Å². The minimum absolute atomic E-state index is 0.907. The zero-order chi connectivity index (χ0) is 76.5. The summed E-state index contributed by atoms with van der Waals surface area (Å²) in [5, 5.41) is 21.2. The van der Waals surface area contributed by atoms with Crippen LogP contribution in [0.1, 0.15) is 0 Å². The first kappa shape index (κ1) is 64.8. The molecule has 117 heavy (non-hydrogen) atoms. The maximum atomic E-state index is 6.31. The first-order valence-corrected chi connectivity index (χ1v) is 39.6. The number of rotatable bonds is 6. The van der Waals surface area contributed by atoms with E-state index in [-0.39, 0.29) is 0 Å². The molecule has 27 aromatic rings. The fourth-order valence-electron chi connectivity index (χ4n) is 18.7.